The Hall–Kier alpha value is -2.49. The molecule has 156 valence electrons. The molecule has 3 aromatic rings. The standard InChI is InChI=1S/C22H25BN2O4S/c1-17-12-14-20(15-13-17)30(28,29)25-22(19-10-6-3-7-11-19)21(24-16-23(26)27)18-8-4-2-5-9-18/h2-15,21-22,24-27H,16H2,1H3/t21-,22+/m0/s1. The van der Waals surface area contributed by atoms with Crippen LogP contribution in [-0.2, 0) is 10.0 Å². The molecule has 3 rings (SSSR count). The minimum Gasteiger partial charge on any atom is -0.426 e. The molecule has 0 aromatic heterocycles. The average Bonchev–Trinajstić information content (AvgIpc) is 2.74. The van der Waals surface area contributed by atoms with Gasteiger partial charge in [-0.1, -0.05) is 78.4 Å². The highest BCUT2D eigenvalue weighted by Crippen LogP contribution is 2.30. The first-order valence-electron chi connectivity index (χ1n) is 9.65. The van der Waals surface area contributed by atoms with E-state index >= 15 is 0 Å². The van der Waals surface area contributed by atoms with Crippen LogP contribution in [0.3, 0.4) is 0 Å². The molecule has 0 bridgehead atoms. The summed E-state index contributed by atoms with van der Waals surface area (Å²) < 4.78 is 29.1. The molecule has 4 N–H and O–H groups in total. The van der Waals surface area contributed by atoms with Gasteiger partial charge in [0.25, 0.3) is 0 Å². The molecule has 0 unspecified atom stereocenters. The zero-order valence-electron chi connectivity index (χ0n) is 16.6. The van der Waals surface area contributed by atoms with Crippen LogP contribution in [0.4, 0.5) is 0 Å². The van der Waals surface area contributed by atoms with Gasteiger partial charge in [-0.2, -0.15) is 0 Å². The van der Waals surface area contributed by atoms with Crippen LogP contribution in [0.5, 0.6) is 0 Å². The Kier molecular flexibility index (Phi) is 7.41. The zero-order chi connectivity index (χ0) is 21.6. The summed E-state index contributed by atoms with van der Waals surface area (Å²) >= 11 is 0. The van der Waals surface area contributed by atoms with E-state index in [0.717, 1.165) is 16.7 Å². The van der Waals surface area contributed by atoms with Crippen LogP contribution < -0.4 is 10.0 Å². The van der Waals surface area contributed by atoms with Crippen LogP contribution in [0.15, 0.2) is 89.8 Å². The van der Waals surface area contributed by atoms with E-state index in [9.17, 15) is 18.5 Å². The van der Waals surface area contributed by atoms with Gasteiger partial charge < -0.3 is 15.4 Å². The van der Waals surface area contributed by atoms with E-state index in [2.05, 4.69) is 10.0 Å². The van der Waals surface area contributed by atoms with Crippen molar-refractivity contribution in [3.05, 3.63) is 102 Å². The SMILES string of the molecule is Cc1ccc(S(=O)(=O)N[C@H](c2ccccc2)[C@@H](NCB(O)O)c2ccccc2)cc1. The van der Waals surface area contributed by atoms with Crippen molar-refractivity contribution in [2.75, 3.05) is 6.44 Å². The Labute approximate surface area is 177 Å². The lowest BCUT2D eigenvalue weighted by molar-refractivity contribution is 0.377. The van der Waals surface area contributed by atoms with Crippen LogP contribution >= 0.6 is 0 Å². The largest absolute Gasteiger partial charge is 0.466 e. The number of rotatable bonds is 9. The molecule has 30 heavy (non-hydrogen) atoms. The predicted molar refractivity (Wildman–Crippen MR) is 118 cm³/mol. The molecule has 6 nitrogen and oxygen atoms in total. The molecule has 0 aliphatic carbocycles. The van der Waals surface area contributed by atoms with Gasteiger partial charge in [0, 0.05) is 6.44 Å². The lowest BCUT2D eigenvalue weighted by Gasteiger charge is -2.30. The van der Waals surface area contributed by atoms with Gasteiger partial charge in [-0.05, 0) is 30.2 Å². The third-order valence-corrected chi connectivity index (χ3v) is 6.24. The molecular formula is C22H25BN2O4S. The Morgan fingerprint density at radius 1 is 0.800 bits per heavy atom. The molecule has 0 saturated carbocycles. The normalized spacial score (nSPS) is 13.6. The first-order chi connectivity index (χ1) is 14.4. The van der Waals surface area contributed by atoms with Gasteiger partial charge in [-0.15, -0.1) is 0 Å². The maximum Gasteiger partial charge on any atom is 0.466 e. The summed E-state index contributed by atoms with van der Waals surface area (Å²) in [6.07, 6.45) is -0.116. The Morgan fingerprint density at radius 3 is 1.80 bits per heavy atom. The Morgan fingerprint density at radius 2 is 1.30 bits per heavy atom. The monoisotopic (exact) mass is 424 g/mol. The van der Waals surface area contributed by atoms with E-state index in [1.165, 1.54) is 0 Å². The van der Waals surface area contributed by atoms with Gasteiger partial charge in [0.1, 0.15) is 0 Å². The van der Waals surface area contributed by atoms with Crippen molar-refractivity contribution in [1.29, 1.82) is 0 Å². The molecule has 0 saturated heterocycles. The average molecular weight is 424 g/mol. The highest BCUT2D eigenvalue weighted by molar-refractivity contribution is 7.89. The van der Waals surface area contributed by atoms with E-state index in [4.69, 9.17) is 0 Å². The summed E-state index contributed by atoms with van der Waals surface area (Å²) in [5.74, 6) is 0. The number of nitrogens with one attached hydrogen (secondary N) is 2. The highest BCUT2D eigenvalue weighted by atomic mass is 32.2. The van der Waals surface area contributed by atoms with Gasteiger partial charge in [0.15, 0.2) is 0 Å². The summed E-state index contributed by atoms with van der Waals surface area (Å²) in [4.78, 5) is 0.169. The van der Waals surface area contributed by atoms with Crippen LogP contribution in [0.2, 0.25) is 0 Å². The van der Waals surface area contributed by atoms with Crippen molar-refractivity contribution in [2.45, 2.75) is 23.9 Å². The van der Waals surface area contributed by atoms with E-state index in [1.807, 2.05) is 67.6 Å². The molecule has 0 amide bonds. The number of hydrogen-bond acceptors (Lipinski definition) is 5. The molecule has 0 spiro atoms. The first-order valence-corrected chi connectivity index (χ1v) is 11.1. The molecule has 0 aliphatic heterocycles. The van der Waals surface area contributed by atoms with Crippen molar-refractivity contribution in [3.8, 4) is 0 Å². The summed E-state index contributed by atoms with van der Waals surface area (Å²) in [7, 11) is -5.40. The summed E-state index contributed by atoms with van der Waals surface area (Å²) in [6, 6.07) is 24.0. The smallest absolute Gasteiger partial charge is 0.426 e. The molecule has 0 radical (unpaired) electrons. The fourth-order valence-electron chi connectivity index (χ4n) is 3.26. The summed E-state index contributed by atoms with van der Waals surface area (Å²) in [6.45, 7) is 1.89. The Bertz CT molecular complexity index is 1030. The van der Waals surface area contributed by atoms with Crippen molar-refractivity contribution in [1.82, 2.24) is 10.0 Å². The van der Waals surface area contributed by atoms with Crippen molar-refractivity contribution < 1.29 is 18.5 Å². The summed E-state index contributed by atoms with van der Waals surface area (Å²) in [5.41, 5.74) is 2.54. The molecule has 3 aromatic carbocycles. The van der Waals surface area contributed by atoms with Gasteiger partial charge >= 0.3 is 7.12 Å². The number of benzene rings is 3. The van der Waals surface area contributed by atoms with E-state index in [-0.39, 0.29) is 11.3 Å². The minimum atomic E-state index is -3.83. The zero-order valence-corrected chi connectivity index (χ0v) is 17.5. The topological polar surface area (TPSA) is 98.7 Å². The maximum absolute atomic E-state index is 13.2. The molecular weight excluding hydrogens is 399 g/mol. The van der Waals surface area contributed by atoms with Crippen molar-refractivity contribution in [3.63, 3.8) is 0 Å². The van der Waals surface area contributed by atoms with Crippen LogP contribution in [0.25, 0.3) is 0 Å². The quantitative estimate of drug-likeness (QED) is 0.396. The molecule has 0 aliphatic rings. The van der Waals surface area contributed by atoms with Gasteiger partial charge in [0.2, 0.25) is 10.0 Å². The lowest BCUT2D eigenvalue weighted by atomic mass is 9.88. The van der Waals surface area contributed by atoms with Gasteiger partial charge in [0.05, 0.1) is 17.0 Å². The van der Waals surface area contributed by atoms with Crippen LogP contribution in [-0.4, -0.2) is 32.0 Å². The number of aryl methyl sites for hydroxylation is 1. The highest BCUT2D eigenvalue weighted by Gasteiger charge is 2.30. The maximum atomic E-state index is 13.2. The molecule has 8 heteroatoms. The minimum absolute atomic E-state index is 0.116. The van der Waals surface area contributed by atoms with Crippen molar-refractivity contribution in [2.24, 2.45) is 0 Å². The second-order valence-electron chi connectivity index (χ2n) is 7.10. The fourth-order valence-corrected chi connectivity index (χ4v) is 4.50. The molecule has 2 atom stereocenters. The van der Waals surface area contributed by atoms with E-state index in [0.29, 0.717) is 0 Å². The fraction of sp³-hybridized carbons (Fsp3) is 0.182. The number of sulfonamides is 1. The second-order valence-corrected chi connectivity index (χ2v) is 8.81. The van der Waals surface area contributed by atoms with Crippen LogP contribution in [0, 0.1) is 6.92 Å². The Balaban J connectivity index is 2.03. The van der Waals surface area contributed by atoms with E-state index in [1.54, 1.807) is 24.3 Å². The third kappa shape index (κ3) is 5.78. The van der Waals surface area contributed by atoms with Gasteiger partial charge in [-0.25, -0.2) is 13.1 Å². The molecule has 0 fully saturated rings. The van der Waals surface area contributed by atoms with Crippen molar-refractivity contribution >= 4 is 17.1 Å². The van der Waals surface area contributed by atoms with Crippen LogP contribution in [0.1, 0.15) is 28.8 Å². The first kappa shape index (κ1) is 22.2. The second kappa shape index (κ2) is 10.0. The van der Waals surface area contributed by atoms with Gasteiger partial charge in [-0.3, -0.25) is 0 Å². The summed E-state index contributed by atoms with van der Waals surface area (Å²) in [5, 5.41) is 21.9. The third-order valence-electron chi connectivity index (χ3n) is 4.78. The predicted octanol–water partition coefficient (Wildman–Crippen LogP) is 2.36. The molecule has 0 heterocycles. The van der Waals surface area contributed by atoms with E-state index < -0.39 is 29.2 Å². The number of hydrogen-bond donors (Lipinski definition) is 4. The lowest BCUT2D eigenvalue weighted by Crippen LogP contribution is -2.42.